The molecule has 0 spiro atoms. The Bertz CT molecular complexity index is 1190. The molecule has 0 aliphatic carbocycles. The molecule has 1 amide bonds. The number of benzene rings is 1. The second-order valence-corrected chi connectivity index (χ2v) is 8.22. The minimum atomic E-state index is -0.699. The summed E-state index contributed by atoms with van der Waals surface area (Å²) in [7, 11) is 3.14. The lowest BCUT2D eigenvalue weighted by molar-refractivity contribution is -0.114. The van der Waals surface area contributed by atoms with Gasteiger partial charge in [0.1, 0.15) is 17.4 Å². The summed E-state index contributed by atoms with van der Waals surface area (Å²) in [5.74, 6) is 0.0600. The van der Waals surface area contributed by atoms with Crippen LogP contribution in [0.4, 0.5) is 17.1 Å². The molecule has 9 heteroatoms. The zero-order valence-corrected chi connectivity index (χ0v) is 17.4. The highest BCUT2D eigenvalue weighted by atomic mass is 16.5. The maximum Gasteiger partial charge on any atom is 0.259 e. The summed E-state index contributed by atoms with van der Waals surface area (Å²) >= 11 is 0. The van der Waals surface area contributed by atoms with E-state index in [2.05, 4.69) is 15.1 Å². The van der Waals surface area contributed by atoms with Gasteiger partial charge >= 0.3 is 0 Å². The number of phenols is 1. The third-order valence-electron chi connectivity index (χ3n) is 5.56. The molecular weight excluding hydrogens is 402 g/mol. The Balaban J connectivity index is 1.65. The Morgan fingerprint density at radius 3 is 2.45 bits per heavy atom. The lowest BCUT2D eigenvalue weighted by atomic mass is 9.79. The summed E-state index contributed by atoms with van der Waals surface area (Å²) in [6.07, 6.45) is 1.67. The fourth-order valence-corrected chi connectivity index (χ4v) is 3.67. The Morgan fingerprint density at radius 1 is 1.16 bits per heavy atom. The van der Waals surface area contributed by atoms with Crippen LogP contribution in [0.1, 0.15) is 29.1 Å². The number of hydrogen-bond acceptors (Lipinski definition) is 7. The number of furan rings is 1. The molecule has 2 heterocycles. The summed E-state index contributed by atoms with van der Waals surface area (Å²) in [6, 6.07) is 7.91. The highest BCUT2D eigenvalue weighted by Crippen LogP contribution is 2.43. The quantitative estimate of drug-likeness (QED) is 0.301. The van der Waals surface area contributed by atoms with Gasteiger partial charge in [-0.1, -0.05) is 13.0 Å². The molecule has 0 saturated carbocycles. The van der Waals surface area contributed by atoms with E-state index in [0.29, 0.717) is 13.2 Å². The molecule has 1 aromatic heterocycles. The molecule has 1 unspecified atom stereocenters. The molecule has 0 radical (unpaired) electrons. The Kier molecular flexibility index (Phi) is 5.06. The van der Waals surface area contributed by atoms with Crippen LogP contribution in [0.3, 0.4) is 0 Å². The predicted molar refractivity (Wildman–Crippen MR) is 116 cm³/mol. The molecule has 31 heavy (non-hydrogen) atoms. The number of ether oxygens (including phenoxy) is 1. The number of amides is 1. The van der Waals surface area contributed by atoms with Crippen molar-refractivity contribution in [1.82, 2.24) is 4.90 Å². The van der Waals surface area contributed by atoms with Gasteiger partial charge in [0.05, 0.1) is 24.5 Å². The minimum absolute atomic E-state index is 0.0372. The van der Waals surface area contributed by atoms with Gasteiger partial charge in [0.15, 0.2) is 5.75 Å². The SMILES string of the molecule is CN(C)C(=O)c1cccc(Nc2c(NC(c3ccc[oH+]3)C3(C)COC3)c(=O)c2=O)c1O. The van der Waals surface area contributed by atoms with E-state index in [0.717, 1.165) is 5.76 Å². The number of nitrogens with zero attached hydrogens (tertiary/aromatic N) is 1. The van der Waals surface area contributed by atoms with E-state index >= 15 is 0 Å². The van der Waals surface area contributed by atoms with E-state index in [-0.39, 0.29) is 45.7 Å². The predicted octanol–water partition coefficient (Wildman–Crippen LogP) is 2.33. The van der Waals surface area contributed by atoms with Gasteiger partial charge in [0.2, 0.25) is 6.26 Å². The van der Waals surface area contributed by atoms with Crippen molar-refractivity contribution in [3.63, 3.8) is 0 Å². The summed E-state index contributed by atoms with van der Waals surface area (Å²) in [5, 5.41) is 16.5. The third kappa shape index (κ3) is 3.46. The Labute approximate surface area is 177 Å². The maximum absolute atomic E-state index is 12.4. The summed E-state index contributed by atoms with van der Waals surface area (Å²) < 4.78 is 9.72. The first-order valence-corrected chi connectivity index (χ1v) is 9.79. The monoisotopic (exact) mass is 426 g/mol. The van der Waals surface area contributed by atoms with Crippen molar-refractivity contribution in [2.45, 2.75) is 13.0 Å². The first kappa shape index (κ1) is 20.7. The molecule has 4 rings (SSSR count). The number of aromatic hydroxyl groups is 1. The van der Waals surface area contributed by atoms with Gasteiger partial charge in [-0.15, -0.1) is 0 Å². The number of rotatable bonds is 7. The topological polar surface area (TPSA) is 121 Å². The number of carbonyl (C=O) groups excluding carboxylic acids is 1. The van der Waals surface area contributed by atoms with Crippen LogP contribution in [0.25, 0.3) is 0 Å². The second-order valence-electron chi connectivity index (χ2n) is 8.22. The smallest absolute Gasteiger partial charge is 0.259 e. The van der Waals surface area contributed by atoms with Gasteiger partial charge < -0.3 is 29.8 Å². The van der Waals surface area contributed by atoms with E-state index in [9.17, 15) is 19.5 Å². The molecule has 4 N–H and O–H groups in total. The first-order chi connectivity index (χ1) is 14.7. The van der Waals surface area contributed by atoms with Crippen LogP contribution in [-0.2, 0) is 4.74 Å². The summed E-state index contributed by atoms with van der Waals surface area (Å²) in [5.41, 5.74) is -1.24. The average molecular weight is 426 g/mol. The summed E-state index contributed by atoms with van der Waals surface area (Å²) in [6.45, 7) is 3.00. The number of para-hydroxylation sites is 1. The van der Waals surface area contributed by atoms with Crippen molar-refractivity contribution < 1.29 is 19.1 Å². The lowest BCUT2D eigenvalue weighted by Gasteiger charge is -2.42. The number of nitrogens with one attached hydrogen (secondary N) is 2. The van der Waals surface area contributed by atoms with Crippen LogP contribution in [0.2, 0.25) is 0 Å². The molecule has 2 aromatic carbocycles. The van der Waals surface area contributed by atoms with Gasteiger partial charge in [-0.25, -0.2) is 0 Å². The highest BCUT2D eigenvalue weighted by molar-refractivity contribution is 5.99. The summed E-state index contributed by atoms with van der Waals surface area (Å²) in [4.78, 5) is 38.3. The molecule has 1 fully saturated rings. The van der Waals surface area contributed by atoms with E-state index in [1.165, 1.54) is 17.0 Å². The van der Waals surface area contributed by atoms with Crippen molar-refractivity contribution >= 4 is 23.0 Å². The van der Waals surface area contributed by atoms with Gasteiger partial charge in [0.25, 0.3) is 22.5 Å². The van der Waals surface area contributed by atoms with E-state index in [1.54, 1.807) is 32.5 Å². The zero-order chi connectivity index (χ0) is 22.3. The van der Waals surface area contributed by atoms with Crippen molar-refractivity contribution in [2.75, 3.05) is 37.9 Å². The molecule has 3 aromatic rings. The van der Waals surface area contributed by atoms with Crippen molar-refractivity contribution in [3.8, 4) is 5.75 Å². The molecule has 1 aliphatic heterocycles. The van der Waals surface area contributed by atoms with E-state index < -0.39 is 10.9 Å². The van der Waals surface area contributed by atoms with E-state index in [1.807, 2.05) is 13.0 Å². The van der Waals surface area contributed by atoms with Gasteiger partial charge in [-0.3, -0.25) is 14.4 Å². The van der Waals surface area contributed by atoms with E-state index in [4.69, 9.17) is 4.74 Å². The second kappa shape index (κ2) is 7.59. The molecule has 1 aliphatic rings. The van der Waals surface area contributed by atoms with Gasteiger partial charge in [0, 0.05) is 31.6 Å². The highest BCUT2D eigenvalue weighted by Gasteiger charge is 2.47. The molecule has 1 saturated heterocycles. The van der Waals surface area contributed by atoms with Crippen molar-refractivity contribution in [2.24, 2.45) is 5.41 Å². The van der Waals surface area contributed by atoms with Gasteiger partial charge in [-0.05, 0) is 12.1 Å². The fraction of sp³-hybridized carbons (Fsp3) is 0.318. The van der Waals surface area contributed by atoms with Gasteiger partial charge in [-0.2, -0.15) is 0 Å². The Morgan fingerprint density at radius 2 is 1.87 bits per heavy atom. The van der Waals surface area contributed by atoms with Crippen LogP contribution in [-0.4, -0.2) is 43.2 Å². The van der Waals surface area contributed by atoms with Crippen molar-refractivity contribution in [3.05, 3.63) is 68.4 Å². The Hall–Kier alpha value is -3.59. The number of phenolic OH excluding ortho intramolecular Hbond substituents is 1. The molecule has 162 valence electrons. The number of hydrogen-bond donors (Lipinski definition) is 3. The number of anilines is 3. The lowest BCUT2D eigenvalue weighted by Crippen LogP contribution is -2.49. The molecular formula is C22H24N3O6+. The van der Waals surface area contributed by atoms with Crippen LogP contribution in [0.15, 0.2) is 50.6 Å². The van der Waals surface area contributed by atoms with Crippen LogP contribution in [0, 0.1) is 5.41 Å². The minimum Gasteiger partial charge on any atom is -0.553 e. The number of carbonyl (C=O) groups is 1. The average Bonchev–Trinajstić information content (AvgIpc) is 3.26. The maximum atomic E-state index is 12.4. The van der Waals surface area contributed by atoms with Crippen molar-refractivity contribution in [1.29, 1.82) is 0 Å². The van der Waals surface area contributed by atoms with Crippen LogP contribution < -0.4 is 21.5 Å². The van der Waals surface area contributed by atoms with Crippen LogP contribution >= 0.6 is 0 Å². The largest absolute Gasteiger partial charge is 0.553 e. The molecule has 0 bridgehead atoms. The normalized spacial score (nSPS) is 15.8. The molecule has 1 atom stereocenters. The van der Waals surface area contributed by atoms with Crippen LogP contribution in [0.5, 0.6) is 5.75 Å². The third-order valence-corrected chi connectivity index (χ3v) is 5.56. The molecule has 9 nitrogen and oxygen atoms in total. The fourth-order valence-electron chi connectivity index (χ4n) is 3.67. The first-order valence-electron chi connectivity index (χ1n) is 9.79. The standard InChI is InChI=1S/C22H23N3O6/c1-22(10-30-11-22)20(14-8-5-9-31-14)24-16-15(18(27)19(16)28)23-13-7-4-6-12(17(13)26)21(29)25(2)3/h4-9,20,23-24,26H,10-11H2,1-3H3/p+1. The zero-order valence-electron chi connectivity index (χ0n) is 17.4.